The van der Waals surface area contributed by atoms with Gasteiger partial charge >= 0.3 is 0 Å². The number of ether oxygens (including phenoxy) is 1. The number of halogens is 2. The highest BCUT2D eigenvalue weighted by molar-refractivity contribution is 6.30. The molecule has 2 aromatic rings. The number of aliphatic imine (C=N–C) groups is 1. The van der Waals surface area contributed by atoms with Gasteiger partial charge in [0.15, 0.2) is 5.96 Å². The summed E-state index contributed by atoms with van der Waals surface area (Å²) in [6.07, 6.45) is 2.64. The predicted molar refractivity (Wildman–Crippen MR) is 119 cm³/mol. The van der Waals surface area contributed by atoms with E-state index in [1.807, 2.05) is 30.3 Å². The molecule has 0 amide bonds. The molecule has 1 unspecified atom stereocenters. The molecular weight excluding hydrogens is 409 g/mol. The Kier molecular flexibility index (Phi) is 8.55. The van der Waals surface area contributed by atoms with Crippen molar-refractivity contribution in [3.8, 4) is 0 Å². The maximum absolute atomic E-state index is 6.24. The van der Waals surface area contributed by atoms with Gasteiger partial charge in [0.1, 0.15) is 5.15 Å². The van der Waals surface area contributed by atoms with Crippen LogP contribution in [0.2, 0.25) is 10.2 Å². The van der Waals surface area contributed by atoms with E-state index in [9.17, 15) is 0 Å². The molecule has 0 saturated carbocycles. The van der Waals surface area contributed by atoms with Crippen LogP contribution in [0.4, 0.5) is 0 Å². The van der Waals surface area contributed by atoms with E-state index in [-0.39, 0.29) is 6.04 Å². The summed E-state index contributed by atoms with van der Waals surface area (Å²) in [5, 5.41) is 8.08. The van der Waals surface area contributed by atoms with Crippen molar-refractivity contribution in [1.82, 2.24) is 20.5 Å². The van der Waals surface area contributed by atoms with E-state index in [1.54, 1.807) is 13.2 Å². The highest BCUT2D eigenvalue weighted by atomic mass is 35.5. The van der Waals surface area contributed by atoms with Gasteiger partial charge in [-0.1, -0.05) is 41.4 Å². The standard InChI is InChI=1S/C21H27Cl2N5O/c1-24-21(25-8-7-16-5-6-20(23)26-14-16)27-15-19(28-9-11-29-12-10-28)17-3-2-4-18(22)13-17/h2-6,13-14,19H,7-12,15H2,1H3,(H2,24,25,27). The molecule has 0 aliphatic carbocycles. The van der Waals surface area contributed by atoms with E-state index >= 15 is 0 Å². The molecule has 1 fully saturated rings. The van der Waals surface area contributed by atoms with Crippen LogP contribution >= 0.6 is 23.2 Å². The Morgan fingerprint density at radius 1 is 1.21 bits per heavy atom. The second-order valence-electron chi connectivity index (χ2n) is 6.84. The van der Waals surface area contributed by atoms with Gasteiger partial charge < -0.3 is 15.4 Å². The zero-order chi connectivity index (χ0) is 20.5. The van der Waals surface area contributed by atoms with Crippen molar-refractivity contribution in [3.05, 3.63) is 63.9 Å². The molecule has 0 spiro atoms. The molecule has 6 nitrogen and oxygen atoms in total. The van der Waals surface area contributed by atoms with Crippen molar-refractivity contribution in [1.29, 1.82) is 0 Å². The molecule has 2 N–H and O–H groups in total. The van der Waals surface area contributed by atoms with Crippen molar-refractivity contribution in [2.45, 2.75) is 12.5 Å². The largest absolute Gasteiger partial charge is 0.379 e. The van der Waals surface area contributed by atoms with Gasteiger partial charge in [0.05, 0.1) is 19.3 Å². The minimum absolute atomic E-state index is 0.191. The van der Waals surface area contributed by atoms with E-state index in [0.29, 0.717) is 5.15 Å². The topological polar surface area (TPSA) is 61.8 Å². The summed E-state index contributed by atoms with van der Waals surface area (Å²) in [5.74, 6) is 0.771. The third-order valence-corrected chi connectivity index (χ3v) is 5.36. The highest BCUT2D eigenvalue weighted by Crippen LogP contribution is 2.23. The number of rotatable bonds is 7. The molecule has 29 heavy (non-hydrogen) atoms. The minimum atomic E-state index is 0.191. The Balaban J connectivity index is 1.57. The fraction of sp³-hybridized carbons (Fsp3) is 0.429. The number of pyridine rings is 1. The zero-order valence-corrected chi connectivity index (χ0v) is 18.1. The number of morpholine rings is 1. The molecule has 1 aromatic carbocycles. The Morgan fingerprint density at radius 3 is 2.72 bits per heavy atom. The first-order chi connectivity index (χ1) is 14.2. The van der Waals surface area contributed by atoms with Crippen LogP contribution in [-0.2, 0) is 11.2 Å². The van der Waals surface area contributed by atoms with Crippen molar-refractivity contribution < 1.29 is 4.74 Å². The second kappa shape index (κ2) is 11.4. The first-order valence-electron chi connectivity index (χ1n) is 9.78. The Hall–Kier alpha value is -1.86. The van der Waals surface area contributed by atoms with E-state index in [1.165, 1.54) is 5.56 Å². The maximum Gasteiger partial charge on any atom is 0.191 e. The summed E-state index contributed by atoms with van der Waals surface area (Å²) in [4.78, 5) is 10.9. The van der Waals surface area contributed by atoms with Crippen molar-refractivity contribution >= 4 is 29.2 Å². The van der Waals surface area contributed by atoms with E-state index in [4.69, 9.17) is 27.9 Å². The molecule has 1 saturated heterocycles. The van der Waals surface area contributed by atoms with Crippen molar-refractivity contribution in [2.75, 3.05) is 46.4 Å². The minimum Gasteiger partial charge on any atom is -0.379 e. The summed E-state index contributed by atoms with van der Waals surface area (Å²) in [7, 11) is 1.78. The van der Waals surface area contributed by atoms with Crippen LogP contribution in [0, 0.1) is 0 Å². The lowest BCUT2D eigenvalue weighted by Gasteiger charge is -2.35. The SMILES string of the molecule is CN=C(NCCc1ccc(Cl)nc1)NCC(c1cccc(Cl)c1)N1CCOCC1. The fourth-order valence-corrected chi connectivity index (χ4v) is 3.66. The van der Waals surface area contributed by atoms with Gasteiger partial charge in [-0.3, -0.25) is 9.89 Å². The smallest absolute Gasteiger partial charge is 0.191 e. The quantitative estimate of drug-likeness (QED) is 0.397. The zero-order valence-electron chi connectivity index (χ0n) is 16.6. The van der Waals surface area contributed by atoms with Crippen LogP contribution in [0.25, 0.3) is 0 Å². The first-order valence-corrected chi connectivity index (χ1v) is 10.5. The van der Waals surface area contributed by atoms with Crippen LogP contribution in [-0.4, -0.2) is 62.3 Å². The number of benzene rings is 1. The van der Waals surface area contributed by atoms with Crippen LogP contribution < -0.4 is 10.6 Å². The molecule has 8 heteroatoms. The normalized spacial score (nSPS) is 16.4. The summed E-state index contributed by atoms with van der Waals surface area (Å²) in [6, 6.07) is 12.0. The van der Waals surface area contributed by atoms with E-state index in [2.05, 4.69) is 31.6 Å². The molecule has 1 aliphatic rings. The van der Waals surface area contributed by atoms with Crippen LogP contribution in [0.1, 0.15) is 17.2 Å². The average Bonchev–Trinajstić information content (AvgIpc) is 2.75. The molecule has 3 rings (SSSR count). The third-order valence-electron chi connectivity index (χ3n) is 4.90. The highest BCUT2D eigenvalue weighted by Gasteiger charge is 2.23. The Bertz CT molecular complexity index is 794. The first kappa shape index (κ1) is 21.8. The molecule has 1 atom stereocenters. The Labute approximate surface area is 182 Å². The molecule has 2 heterocycles. The number of hydrogen-bond donors (Lipinski definition) is 2. The number of nitrogens with one attached hydrogen (secondary N) is 2. The van der Waals surface area contributed by atoms with Gasteiger partial charge in [-0.2, -0.15) is 0 Å². The Morgan fingerprint density at radius 2 is 2.03 bits per heavy atom. The molecule has 1 aromatic heterocycles. The van der Waals surface area contributed by atoms with Crippen LogP contribution in [0.15, 0.2) is 47.6 Å². The van der Waals surface area contributed by atoms with Gasteiger partial charge in [-0.25, -0.2) is 4.98 Å². The van der Waals surface area contributed by atoms with E-state index in [0.717, 1.165) is 62.4 Å². The second-order valence-corrected chi connectivity index (χ2v) is 7.66. The summed E-state index contributed by atoms with van der Waals surface area (Å²) in [6.45, 7) is 4.77. The lowest BCUT2D eigenvalue weighted by molar-refractivity contribution is 0.0170. The van der Waals surface area contributed by atoms with Gasteiger partial charge in [-0.05, 0) is 35.7 Å². The number of aromatic nitrogens is 1. The summed E-state index contributed by atoms with van der Waals surface area (Å²) >= 11 is 12.1. The molecule has 156 valence electrons. The van der Waals surface area contributed by atoms with E-state index < -0.39 is 0 Å². The van der Waals surface area contributed by atoms with Gasteiger partial charge in [0, 0.05) is 44.4 Å². The number of hydrogen-bond acceptors (Lipinski definition) is 4. The van der Waals surface area contributed by atoms with Crippen molar-refractivity contribution in [3.63, 3.8) is 0 Å². The molecular formula is C21H27Cl2N5O. The molecule has 1 aliphatic heterocycles. The van der Waals surface area contributed by atoms with Gasteiger partial charge in [-0.15, -0.1) is 0 Å². The third kappa shape index (κ3) is 6.85. The molecule has 0 radical (unpaired) electrons. The number of nitrogens with zero attached hydrogens (tertiary/aromatic N) is 3. The van der Waals surface area contributed by atoms with Gasteiger partial charge in [0.2, 0.25) is 0 Å². The lowest BCUT2D eigenvalue weighted by Crippen LogP contribution is -2.46. The monoisotopic (exact) mass is 435 g/mol. The van der Waals surface area contributed by atoms with Crippen LogP contribution in [0.3, 0.4) is 0 Å². The maximum atomic E-state index is 6.24. The average molecular weight is 436 g/mol. The van der Waals surface area contributed by atoms with Gasteiger partial charge in [0.25, 0.3) is 0 Å². The van der Waals surface area contributed by atoms with Crippen molar-refractivity contribution in [2.24, 2.45) is 4.99 Å². The van der Waals surface area contributed by atoms with Crippen LogP contribution in [0.5, 0.6) is 0 Å². The summed E-state index contributed by atoms with van der Waals surface area (Å²) < 4.78 is 5.52. The fourth-order valence-electron chi connectivity index (χ4n) is 3.35. The predicted octanol–water partition coefficient (Wildman–Crippen LogP) is 3.17. The molecule has 0 bridgehead atoms. The lowest BCUT2D eigenvalue weighted by atomic mass is 10.0. The number of guanidine groups is 1. The summed E-state index contributed by atoms with van der Waals surface area (Å²) in [5.41, 5.74) is 2.32.